The Hall–Kier alpha value is -3.28. The van der Waals surface area contributed by atoms with E-state index in [2.05, 4.69) is 18.7 Å². The van der Waals surface area contributed by atoms with Crippen molar-refractivity contribution in [3.05, 3.63) is 72.8 Å². The summed E-state index contributed by atoms with van der Waals surface area (Å²) >= 11 is 0. The lowest BCUT2D eigenvalue weighted by Crippen LogP contribution is -2.56. The number of ether oxygens (including phenoxy) is 2. The minimum Gasteiger partial charge on any atom is -0.453 e. The summed E-state index contributed by atoms with van der Waals surface area (Å²) < 4.78 is 68.4. The molecule has 7 nitrogen and oxygen atoms in total. The number of aliphatic hydroxyl groups excluding tert-OH is 1. The second-order valence-corrected chi connectivity index (χ2v) is 11.0. The Morgan fingerprint density at radius 3 is 2.16 bits per heavy atom. The minimum atomic E-state index is -4.83. The van der Waals surface area contributed by atoms with Gasteiger partial charge in [-0.2, -0.15) is 0 Å². The lowest BCUT2D eigenvalue weighted by molar-refractivity contribution is -0.274. The van der Waals surface area contributed by atoms with Gasteiger partial charge in [0.05, 0.1) is 28.4 Å². The van der Waals surface area contributed by atoms with Crippen LogP contribution in [0.25, 0.3) is 0 Å². The van der Waals surface area contributed by atoms with Crippen molar-refractivity contribution in [3.63, 3.8) is 0 Å². The van der Waals surface area contributed by atoms with E-state index in [1.807, 2.05) is 48.5 Å². The molecule has 1 saturated carbocycles. The van der Waals surface area contributed by atoms with Crippen LogP contribution in [0.5, 0.6) is 17.2 Å². The van der Waals surface area contributed by atoms with Crippen LogP contribution in [0.2, 0.25) is 0 Å². The predicted octanol–water partition coefficient (Wildman–Crippen LogP) is 5.77. The topological polar surface area (TPSA) is 83.4 Å². The molecule has 1 unspecified atom stereocenters. The van der Waals surface area contributed by atoms with Crippen LogP contribution in [0.15, 0.2) is 82.1 Å². The summed E-state index contributed by atoms with van der Waals surface area (Å²) in [6, 6.07) is 19.0. The minimum absolute atomic E-state index is 0.195. The molecule has 0 bridgehead atoms. The van der Waals surface area contributed by atoms with Crippen LogP contribution in [-0.2, 0) is 9.92 Å². The molecule has 196 valence electrons. The Kier molecular flexibility index (Phi) is 6.78. The number of hydrogen-bond donors (Lipinski definition) is 2. The lowest BCUT2D eigenvalue weighted by Gasteiger charge is -2.45. The molecule has 1 aliphatic carbocycles. The number of alkyl halides is 3. The van der Waals surface area contributed by atoms with Crippen LogP contribution in [-0.4, -0.2) is 40.9 Å². The first-order chi connectivity index (χ1) is 17.7. The molecule has 1 aliphatic heterocycles. The molecule has 5 rings (SSSR count). The number of halogens is 3. The van der Waals surface area contributed by atoms with Crippen molar-refractivity contribution in [3.8, 4) is 17.2 Å². The summed E-state index contributed by atoms with van der Waals surface area (Å²) in [4.78, 5) is 2.27. The second-order valence-electron chi connectivity index (χ2n) is 8.85. The van der Waals surface area contributed by atoms with Gasteiger partial charge in [-0.15, -0.1) is 13.2 Å². The van der Waals surface area contributed by atoms with Crippen molar-refractivity contribution in [2.45, 2.75) is 48.7 Å². The zero-order chi connectivity index (χ0) is 26.2. The van der Waals surface area contributed by atoms with E-state index in [1.165, 1.54) is 19.2 Å². The highest BCUT2D eigenvalue weighted by Crippen LogP contribution is 2.49. The molecule has 2 N–H and O–H groups in total. The molecule has 0 spiro atoms. The average Bonchev–Trinajstić information content (AvgIpc) is 2.88. The van der Waals surface area contributed by atoms with Crippen molar-refractivity contribution in [1.29, 1.82) is 0 Å². The highest BCUT2D eigenvalue weighted by Gasteiger charge is 2.40. The molecule has 11 heteroatoms. The van der Waals surface area contributed by atoms with Crippen LogP contribution in [0.4, 0.5) is 24.5 Å². The molecule has 0 radical (unpaired) electrons. The summed E-state index contributed by atoms with van der Waals surface area (Å²) in [7, 11) is -1.87. The van der Waals surface area contributed by atoms with Gasteiger partial charge < -0.3 is 19.5 Å². The van der Waals surface area contributed by atoms with Crippen LogP contribution in [0.1, 0.15) is 19.3 Å². The number of aliphatic hydroxyl groups is 1. The number of nitrogens with zero attached hydrogens (tertiary/aromatic N) is 2. The number of fused-ring (bicyclic) bond motifs is 2. The van der Waals surface area contributed by atoms with E-state index >= 15 is 0 Å². The molecule has 4 atom stereocenters. The van der Waals surface area contributed by atoms with E-state index in [0.29, 0.717) is 24.3 Å². The van der Waals surface area contributed by atoms with Crippen molar-refractivity contribution >= 4 is 21.3 Å². The van der Waals surface area contributed by atoms with Crippen LogP contribution >= 0.6 is 0 Å². The van der Waals surface area contributed by atoms with Gasteiger partial charge in [0.1, 0.15) is 15.7 Å². The van der Waals surface area contributed by atoms with Gasteiger partial charge >= 0.3 is 6.36 Å². The van der Waals surface area contributed by atoms with Gasteiger partial charge in [0.25, 0.3) is 0 Å². The molecule has 1 heterocycles. The third kappa shape index (κ3) is 5.11. The summed E-state index contributed by atoms with van der Waals surface area (Å²) in [5.41, 5.74) is 1.65. The second kappa shape index (κ2) is 9.88. The summed E-state index contributed by atoms with van der Waals surface area (Å²) in [5, 5.41) is 11.6. The zero-order valence-corrected chi connectivity index (χ0v) is 20.7. The maximum Gasteiger partial charge on any atom is 0.573 e. The van der Waals surface area contributed by atoms with Crippen LogP contribution in [0.3, 0.4) is 0 Å². The van der Waals surface area contributed by atoms with E-state index in [0.717, 1.165) is 29.9 Å². The smallest absolute Gasteiger partial charge is 0.453 e. The summed E-state index contributed by atoms with van der Waals surface area (Å²) in [5.74, 6) is 0.936. The Balaban J connectivity index is 1.42. The Morgan fingerprint density at radius 1 is 1.00 bits per heavy atom. The van der Waals surface area contributed by atoms with Gasteiger partial charge in [-0.25, -0.2) is 13.3 Å². The Labute approximate surface area is 213 Å². The number of hydrogen-bond acceptors (Lipinski definition) is 6. The fraction of sp³-hybridized carbons (Fsp3) is 0.308. The maximum atomic E-state index is 13.8. The van der Waals surface area contributed by atoms with E-state index in [-0.39, 0.29) is 10.9 Å². The highest BCUT2D eigenvalue weighted by atomic mass is 32.2. The van der Waals surface area contributed by atoms with E-state index < -0.39 is 34.2 Å². The number of nitrogens with one attached hydrogen (secondary N) is 1. The molecule has 3 aromatic carbocycles. The molecular weight excluding hydrogens is 507 g/mol. The number of benzene rings is 3. The first kappa shape index (κ1) is 25.4. The van der Waals surface area contributed by atoms with Gasteiger partial charge in [0.15, 0.2) is 11.5 Å². The molecular formula is C26H26F3N3O4S. The zero-order valence-electron chi connectivity index (χ0n) is 19.9. The van der Waals surface area contributed by atoms with E-state index in [1.54, 1.807) is 0 Å². The van der Waals surface area contributed by atoms with E-state index in [4.69, 9.17) is 4.74 Å². The van der Waals surface area contributed by atoms with Crippen molar-refractivity contribution in [1.82, 2.24) is 4.72 Å². The normalized spacial score (nSPS) is 22.7. The van der Waals surface area contributed by atoms with Gasteiger partial charge in [-0.3, -0.25) is 0 Å². The predicted molar refractivity (Wildman–Crippen MR) is 134 cm³/mol. The van der Waals surface area contributed by atoms with Gasteiger partial charge in [0, 0.05) is 13.1 Å². The van der Waals surface area contributed by atoms with Crippen molar-refractivity contribution < 1.29 is 32.0 Å². The lowest BCUT2D eigenvalue weighted by atomic mass is 9.86. The van der Waals surface area contributed by atoms with Crippen molar-refractivity contribution in [2.24, 2.45) is 4.36 Å². The molecule has 0 saturated heterocycles. The monoisotopic (exact) mass is 533 g/mol. The van der Waals surface area contributed by atoms with Gasteiger partial charge in [-0.1, -0.05) is 24.3 Å². The first-order valence-electron chi connectivity index (χ1n) is 11.8. The van der Waals surface area contributed by atoms with Gasteiger partial charge in [-0.05, 0) is 67.8 Å². The average molecular weight is 534 g/mol. The molecule has 37 heavy (non-hydrogen) atoms. The fourth-order valence-electron chi connectivity index (χ4n) is 4.91. The molecule has 0 amide bonds. The highest BCUT2D eigenvalue weighted by molar-refractivity contribution is 7.91. The van der Waals surface area contributed by atoms with Crippen LogP contribution < -0.4 is 19.1 Å². The summed E-state index contributed by atoms with van der Waals surface area (Å²) in [6.45, 7) is 0. The number of rotatable bonds is 5. The molecule has 2 aliphatic rings. The van der Waals surface area contributed by atoms with Crippen LogP contribution in [0, 0.1) is 0 Å². The maximum absolute atomic E-state index is 13.8. The Morgan fingerprint density at radius 2 is 1.59 bits per heavy atom. The molecule has 0 aromatic heterocycles. The third-order valence-corrected chi connectivity index (χ3v) is 8.62. The molecule has 1 fully saturated rings. The largest absolute Gasteiger partial charge is 0.573 e. The number of anilines is 2. The number of para-hydroxylation sites is 4. The fourth-order valence-corrected chi connectivity index (χ4v) is 6.54. The van der Waals surface area contributed by atoms with Crippen molar-refractivity contribution in [2.75, 3.05) is 11.9 Å². The molecule has 3 aromatic rings. The quantitative estimate of drug-likeness (QED) is 0.435. The first-order valence-corrected chi connectivity index (χ1v) is 13.3. The standard InChI is InChI=1S/C26H26F3N3O4S/c1-30-37(34,18-15-13-17(14-16-18)36-26(27,28)29)31-19-7-6-10-22(25(19)33)32-20-8-2-4-11-23(20)35-24-12-5-3-9-21(24)32/h2-5,8-9,11-16,19,22,25,33H,6-7,10H2,1H3,(H,30,31,34)/t19-,22-,25-,37?/m0/s1. The SMILES string of the molecule is CN=S(=O)(N[C@H]1CCC[C@H](N2c3ccccc3Oc3ccccc32)[C@H]1O)c1ccc(OC(F)(F)F)cc1. The Bertz CT molecular complexity index is 1340. The van der Waals surface area contributed by atoms with E-state index in [9.17, 15) is 22.5 Å². The third-order valence-electron chi connectivity index (χ3n) is 6.57. The van der Waals surface area contributed by atoms with Gasteiger partial charge in [0.2, 0.25) is 0 Å². The summed E-state index contributed by atoms with van der Waals surface area (Å²) in [6.07, 6.45) is -3.76.